The minimum absolute atomic E-state index is 0.604. The molecule has 2 aromatic rings. The van der Waals surface area contributed by atoms with Crippen LogP contribution in [0.3, 0.4) is 0 Å². The van der Waals surface area contributed by atoms with Crippen LogP contribution in [-0.2, 0) is 12.8 Å². The zero-order chi connectivity index (χ0) is 14.7. The second-order valence-electron chi connectivity index (χ2n) is 5.50. The van der Waals surface area contributed by atoms with Crippen LogP contribution in [0.5, 0.6) is 0 Å². The van der Waals surface area contributed by atoms with Crippen LogP contribution in [0.25, 0.3) is 11.6 Å². The minimum Gasteiger partial charge on any atom is -0.370 e. The van der Waals surface area contributed by atoms with Crippen molar-refractivity contribution in [3.05, 3.63) is 29.2 Å². The Morgan fingerprint density at radius 2 is 1.76 bits per heavy atom. The van der Waals surface area contributed by atoms with E-state index in [0.29, 0.717) is 11.6 Å². The predicted molar refractivity (Wildman–Crippen MR) is 83.2 cm³/mol. The first kappa shape index (κ1) is 13.9. The third kappa shape index (κ3) is 3.01. The molecule has 0 aromatic carbocycles. The summed E-state index contributed by atoms with van der Waals surface area (Å²) in [6.07, 6.45) is 9.38. The standard InChI is InChI=1S/C16H21N5/c1-3-17-14-12-7-5-4-6-8-13(12)20-16(21-14)15-18-9-11(2)10-19-15/h9-10H,3-8H2,1-2H3,(H,17,20,21). The van der Waals surface area contributed by atoms with Crippen molar-refractivity contribution in [3.63, 3.8) is 0 Å². The molecule has 5 heteroatoms. The van der Waals surface area contributed by atoms with Gasteiger partial charge >= 0.3 is 0 Å². The fraction of sp³-hybridized carbons (Fsp3) is 0.500. The predicted octanol–water partition coefficient (Wildman–Crippen LogP) is 2.94. The smallest absolute Gasteiger partial charge is 0.199 e. The van der Waals surface area contributed by atoms with Crippen LogP contribution < -0.4 is 5.32 Å². The SMILES string of the molecule is CCNc1nc(-c2ncc(C)cn2)nc2c1CCCCC2. The number of rotatable bonds is 3. The summed E-state index contributed by atoms with van der Waals surface area (Å²) in [7, 11) is 0. The molecule has 0 amide bonds. The average molecular weight is 283 g/mol. The molecule has 5 nitrogen and oxygen atoms in total. The molecule has 0 unspecified atom stereocenters. The van der Waals surface area contributed by atoms with Gasteiger partial charge in [-0.05, 0) is 45.1 Å². The Hall–Kier alpha value is -2.04. The largest absolute Gasteiger partial charge is 0.370 e. The van der Waals surface area contributed by atoms with E-state index in [-0.39, 0.29) is 0 Å². The number of nitrogens with zero attached hydrogens (tertiary/aromatic N) is 4. The highest BCUT2D eigenvalue weighted by molar-refractivity contribution is 5.54. The van der Waals surface area contributed by atoms with Gasteiger partial charge in [0, 0.05) is 30.2 Å². The Morgan fingerprint density at radius 1 is 1.00 bits per heavy atom. The maximum atomic E-state index is 4.74. The van der Waals surface area contributed by atoms with Gasteiger partial charge in [-0.3, -0.25) is 0 Å². The van der Waals surface area contributed by atoms with Crippen LogP contribution in [0, 0.1) is 6.92 Å². The van der Waals surface area contributed by atoms with Crippen molar-refractivity contribution in [2.75, 3.05) is 11.9 Å². The van der Waals surface area contributed by atoms with Crippen molar-refractivity contribution in [3.8, 4) is 11.6 Å². The number of nitrogens with one attached hydrogen (secondary N) is 1. The molecule has 2 aromatic heterocycles. The maximum Gasteiger partial charge on any atom is 0.199 e. The fourth-order valence-corrected chi connectivity index (χ4v) is 2.69. The van der Waals surface area contributed by atoms with Gasteiger partial charge in [0.05, 0.1) is 0 Å². The Bertz CT molecular complexity index is 621. The van der Waals surface area contributed by atoms with Gasteiger partial charge in [-0.15, -0.1) is 0 Å². The summed E-state index contributed by atoms with van der Waals surface area (Å²) in [5, 5.41) is 3.38. The van der Waals surface area contributed by atoms with E-state index in [1.807, 2.05) is 19.3 Å². The van der Waals surface area contributed by atoms with Crippen molar-refractivity contribution in [1.82, 2.24) is 19.9 Å². The van der Waals surface area contributed by atoms with Crippen LogP contribution in [0.15, 0.2) is 12.4 Å². The number of aryl methyl sites for hydroxylation is 2. The summed E-state index contributed by atoms with van der Waals surface area (Å²) in [5.74, 6) is 2.20. The molecule has 0 bridgehead atoms. The molecule has 110 valence electrons. The van der Waals surface area contributed by atoms with E-state index >= 15 is 0 Å². The highest BCUT2D eigenvalue weighted by Crippen LogP contribution is 2.26. The molecule has 1 aliphatic rings. The Morgan fingerprint density at radius 3 is 2.52 bits per heavy atom. The van der Waals surface area contributed by atoms with Crippen molar-refractivity contribution in [1.29, 1.82) is 0 Å². The van der Waals surface area contributed by atoms with Crippen LogP contribution >= 0.6 is 0 Å². The summed E-state index contributed by atoms with van der Waals surface area (Å²) in [6.45, 7) is 4.93. The lowest BCUT2D eigenvalue weighted by molar-refractivity contribution is 0.709. The summed E-state index contributed by atoms with van der Waals surface area (Å²) in [6, 6.07) is 0. The van der Waals surface area contributed by atoms with E-state index in [4.69, 9.17) is 4.98 Å². The van der Waals surface area contributed by atoms with Gasteiger partial charge < -0.3 is 5.32 Å². The van der Waals surface area contributed by atoms with Gasteiger partial charge in [0.25, 0.3) is 0 Å². The molecular weight excluding hydrogens is 262 g/mol. The van der Waals surface area contributed by atoms with E-state index in [2.05, 4.69) is 27.2 Å². The molecule has 0 fully saturated rings. The molecule has 0 saturated carbocycles. The molecule has 3 rings (SSSR count). The van der Waals surface area contributed by atoms with E-state index in [1.54, 1.807) is 0 Å². The first-order valence-corrected chi connectivity index (χ1v) is 7.70. The fourth-order valence-electron chi connectivity index (χ4n) is 2.69. The monoisotopic (exact) mass is 283 g/mol. The number of fused-ring (bicyclic) bond motifs is 1. The van der Waals surface area contributed by atoms with Gasteiger partial charge in [-0.2, -0.15) is 0 Å². The van der Waals surface area contributed by atoms with Crippen LogP contribution in [0.1, 0.15) is 43.0 Å². The quantitative estimate of drug-likeness (QED) is 0.877. The highest BCUT2D eigenvalue weighted by atomic mass is 15.1. The summed E-state index contributed by atoms with van der Waals surface area (Å²) in [5.41, 5.74) is 3.49. The van der Waals surface area contributed by atoms with Gasteiger partial charge in [-0.25, -0.2) is 19.9 Å². The second kappa shape index (κ2) is 6.16. The Balaban J connectivity index is 2.07. The zero-order valence-corrected chi connectivity index (χ0v) is 12.7. The van der Waals surface area contributed by atoms with Gasteiger partial charge in [0.2, 0.25) is 0 Å². The van der Waals surface area contributed by atoms with Crippen LogP contribution in [0.2, 0.25) is 0 Å². The molecule has 0 aliphatic heterocycles. The minimum atomic E-state index is 0.604. The number of aromatic nitrogens is 4. The molecule has 0 radical (unpaired) electrons. The van der Waals surface area contributed by atoms with Crippen molar-refractivity contribution >= 4 is 5.82 Å². The van der Waals surface area contributed by atoms with Crippen molar-refractivity contribution in [2.45, 2.75) is 46.0 Å². The molecule has 1 N–H and O–H groups in total. The number of hydrogen-bond acceptors (Lipinski definition) is 5. The lowest BCUT2D eigenvalue weighted by Gasteiger charge is -2.13. The molecule has 1 aliphatic carbocycles. The van der Waals surface area contributed by atoms with Crippen molar-refractivity contribution in [2.24, 2.45) is 0 Å². The van der Waals surface area contributed by atoms with Gasteiger partial charge in [0.15, 0.2) is 11.6 Å². The maximum absolute atomic E-state index is 4.74. The third-order valence-electron chi connectivity index (χ3n) is 3.76. The average Bonchev–Trinajstić information content (AvgIpc) is 2.73. The Kier molecular flexibility index (Phi) is 4.08. The molecular formula is C16H21N5. The normalized spacial score (nSPS) is 14.4. The van der Waals surface area contributed by atoms with E-state index in [0.717, 1.165) is 36.5 Å². The first-order chi connectivity index (χ1) is 10.3. The summed E-state index contributed by atoms with van der Waals surface area (Å²) < 4.78 is 0. The van der Waals surface area contributed by atoms with E-state index in [1.165, 1.54) is 24.8 Å². The molecule has 21 heavy (non-hydrogen) atoms. The molecule has 0 atom stereocenters. The molecule has 0 saturated heterocycles. The Labute approximate surface area is 125 Å². The first-order valence-electron chi connectivity index (χ1n) is 7.70. The lowest BCUT2D eigenvalue weighted by Crippen LogP contribution is -2.10. The summed E-state index contributed by atoms with van der Waals surface area (Å²) in [4.78, 5) is 18.1. The number of hydrogen-bond donors (Lipinski definition) is 1. The second-order valence-corrected chi connectivity index (χ2v) is 5.50. The highest BCUT2D eigenvalue weighted by Gasteiger charge is 2.18. The van der Waals surface area contributed by atoms with E-state index < -0.39 is 0 Å². The summed E-state index contributed by atoms with van der Waals surface area (Å²) >= 11 is 0. The topological polar surface area (TPSA) is 63.6 Å². The van der Waals surface area contributed by atoms with Gasteiger partial charge in [-0.1, -0.05) is 6.42 Å². The van der Waals surface area contributed by atoms with Crippen LogP contribution in [-0.4, -0.2) is 26.5 Å². The number of anilines is 1. The van der Waals surface area contributed by atoms with Gasteiger partial charge in [0.1, 0.15) is 5.82 Å². The molecule has 0 spiro atoms. The van der Waals surface area contributed by atoms with Crippen LogP contribution in [0.4, 0.5) is 5.82 Å². The molecule has 2 heterocycles. The zero-order valence-electron chi connectivity index (χ0n) is 12.7. The third-order valence-corrected chi connectivity index (χ3v) is 3.76. The lowest BCUT2D eigenvalue weighted by atomic mass is 10.1. The van der Waals surface area contributed by atoms with Crippen molar-refractivity contribution < 1.29 is 0 Å². The van der Waals surface area contributed by atoms with E-state index in [9.17, 15) is 0 Å².